The van der Waals surface area contributed by atoms with Gasteiger partial charge >= 0.3 is 0 Å². The fourth-order valence-electron chi connectivity index (χ4n) is 1.89. The van der Waals surface area contributed by atoms with Crippen molar-refractivity contribution in [3.63, 3.8) is 0 Å². The van der Waals surface area contributed by atoms with E-state index in [1.165, 1.54) is 31.4 Å². The number of hydrogen-bond donors (Lipinski definition) is 1. The van der Waals surface area contributed by atoms with E-state index in [4.69, 9.17) is 16.3 Å². The fraction of sp³-hybridized carbons (Fsp3) is 0.118. The van der Waals surface area contributed by atoms with Crippen molar-refractivity contribution in [1.82, 2.24) is 0 Å². The number of aryl methyl sites for hydroxylation is 1. The normalized spacial score (nSPS) is 10.7. The Labute approximate surface area is 133 Å². The van der Waals surface area contributed by atoms with Crippen LogP contribution >= 0.6 is 11.6 Å². The minimum atomic E-state index is -0.349. The van der Waals surface area contributed by atoms with Crippen molar-refractivity contribution >= 4 is 29.3 Å². The second kappa shape index (κ2) is 7.09. The van der Waals surface area contributed by atoms with Crippen LogP contribution in [0.2, 0.25) is 5.02 Å². The zero-order valence-electron chi connectivity index (χ0n) is 12.2. The maximum Gasteiger partial charge on any atom is 0.248 e. The highest BCUT2D eigenvalue weighted by Crippen LogP contribution is 2.30. The van der Waals surface area contributed by atoms with Crippen LogP contribution < -0.4 is 10.1 Å². The van der Waals surface area contributed by atoms with Crippen LogP contribution in [0.1, 0.15) is 11.1 Å². The van der Waals surface area contributed by atoms with E-state index in [9.17, 15) is 9.18 Å². The molecule has 114 valence electrons. The van der Waals surface area contributed by atoms with Gasteiger partial charge in [-0.15, -0.1) is 0 Å². The van der Waals surface area contributed by atoms with E-state index in [2.05, 4.69) is 5.32 Å². The van der Waals surface area contributed by atoms with Crippen molar-refractivity contribution in [2.24, 2.45) is 0 Å². The van der Waals surface area contributed by atoms with E-state index in [0.717, 1.165) is 5.56 Å². The number of anilines is 1. The van der Waals surface area contributed by atoms with E-state index in [-0.39, 0.29) is 11.7 Å². The Morgan fingerprint density at radius 1 is 1.32 bits per heavy atom. The van der Waals surface area contributed by atoms with Crippen LogP contribution in [0.15, 0.2) is 42.5 Å². The zero-order chi connectivity index (χ0) is 16.1. The second-order valence-corrected chi connectivity index (χ2v) is 5.09. The number of amides is 1. The third-order valence-corrected chi connectivity index (χ3v) is 3.42. The van der Waals surface area contributed by atoms with Crippen molar-refractivity contribution in [1.29, 1.82) is 0 Å². The van der Waals surface area contributed by atoms with Gasteiger partial charge in [-0.25, -0.2) is 4.39 Å². The van der Waals surface area contributed by atoms with Crippen LogP contribution in [0.25, 0.3) is 6.08 Å². The van der Waals surface area contributed by atoms with Crippen LogP contribution in [-0.2, 0) is 4.79 Å². The summed E-state index contributed by atoms with van der Waals surface area (Å²) >= 11 is 6.01. The van der Waals surface area contributed by atoms with E-state index in [1.54, 1.807) is 24.3 Å². The van der Waals surface area contributed by atoms with E-state index < -0.39 is 0 Å². The van der Waals surface area contributed by atoms with Crippen LogP contribution in [0.4, 0.5) is 10.1 Å². The second-order valence-electron chi connectivity index (χ2n) is 4.68. The highest BCUT2D eigenvalue weighted by atomic mass is 35.5. The maximum absolute atomic E-state index is 13.1. The maximum atomic E-state index is 13.1. The number of nitrogens with one attached hydrogen (secondary N) is 1. The van der Waals surface area contributed by atoms with Gasteiger partial charge in [0, 0.05) is 17.2 Å². The van der Waals surface area contributed by atoms with Crippen molar-refractivity contribution in [2.45, 2.75) is 6.92 Å². The van der Waals surface area contributed by atoms with Gasteiger partial charge in [-0.05, 0) is 42.3 Å². The Morgan fingerprint density at radius 3 is 2.77 bits per heavy atom. The minimum Gasteiger partial charge on any atom is -0.495 e. The quantitative estimate of drug-likeness (QED) is 0.846. The monoisotopic (exact) mass is 319 g/mol. The van der Waals surface area contributed by atoms with Gasteiger partial charge in [0.25, 0.3) is 0 Å². The smallest absolute Gasteiger partial charge is 0.248 e. The molecule has 0 radical (unpaired) electrons. The molecule has 22 heavy (non-hydrogen) atoms. The number of hydrogen-bond acceptors (Lipinski definition) is 2. The average Bonchev–Trinajstić information content (AvgIpc) is 2.49. The Morgan fingerprint density at radius 2 is 2.09 bits per heavy atom. The van der Waals surface area contributed by atoms with Crippen molar-refractivity contribution in [3.8, 4) is 5.75 Å². The van der Waals surface area contributed by atoms with Crippen LogP contribution in [0, 0.1) is 12.7 Å². The molecule has 0 fully saturated rings. The number of ether oxygens (including phenoxy) is 1. The van der Waals surface area contributed by atoms with E-state index in [0.29, 0.717) is 22.0 Å². The predicted octanol–water partition coefficient (Wildman–Crippen LogP) is 4.45. The van der Waals surface area contributed by atoms with Gasteiger partial charge in [0.2, 0.25) is 5.91 Å². The summed E-state index contributed by atoms with van der Waals surface area (Å²) in [5.41, 5.74) is 1.96. The number of halogens is 2. The van der Waals surface area contributed by atoms with Crippen molar-refractivity contribution in [2.75, 3.05) is 12.4 Å². The molecule has 0 aromatic heterocycles. The standard InChI is InChI=1S/C17H15ClFNO2/c1-11-8-15(16(22-2)10-14(11)18)20-17(21)7-6-12-4-3-5-13(19)9-12/h3-10H,1-2H3,(H,20,21). The molecule has 2 rings (SSSR count). The van der Waals surface area contributed by atoms with E-state index in [1.807, 2.05) is 6.92 Å². The number of carbonyl (C=O) groups excluding carboxylic acids is 1. The Balaban J connectivity index is 2.14. The molecule has 0 saturated carbocycles. The van der Waals surface area contributed by atoms with Gasteiger partial charge in [0.1, 0.15) is 11.6 Å². The average molecular weight is 320 g/mol. The topological polar surface area (TPSA) is 38.3 Å². The lowest BCUT2D eigenvalue weighted by Crippen LogP contribution is -2.09. The molecule has 0 spiro atoms. The molecule has 0 saturated heterocycles. The van der Waals surface area contributed by atoms with Gasteiger partial charge < -0.3 is 10.1 Å². The van der Waals surface area contributed by atoms with Gasteiger partial charge in [0.15, 0.2) is 0 Å². The molecule has 0 atom stereocenters. The molecule has 0 aliphatic carbocycles. The lowest BCUT2D eigenvalue weighted by atomic mass is 10.2. The Kier molecular flexibility index (Phi) is 5.17. The molecule has 1 amide bonds. The highest BCUT2D eigenvalue weighted by Gasteiger charge is 2.08. The summed E-state index contributed by atoms with van der Waals surface area (Å²) in [6.07, 6.45) is 2.87. The van der Waals surface area contributed by atoms with Gasteiger partial charge in [-0.3, -0.25) is 4.79 Å². The summed E-state index contributed by atoms with van der Waals surface area (Å²) in [7, 11) is 1.50. The Bertz CT molecular complexity index is 729. The lowest BCUT2D eigenvalue weighted by molar-refractivity contribution is -0.111. The van der Waals surface area contributed by atoms with Crippen molar-refractivity contribution < 1.29 is 13.9 Å². The molecule has 2 aromatic rings. The highest BCUT2D eigenvalue weighted by molar-refractivity contribution is 6.31. The zero-order valence-corrected chi connectivity index (χ0v) is 12.9. The molecule has 0 unspecified atom stereocenters. The molecule has 5 heteroatoms. The number of carbonyl (C=O) groups is 1. The fourth-order valence-corrected chi connectivity index (χ4v) is 2.04. The van der Waals surface area contributed by atoms with Crippen LogP contribution in [0.3, 0.4) is 0 Å². The van der Waals surface area contributed by atoms with Crippen molar-refractivity contribution in [3.05, 3.63) is 64.4 Å². The summed E-state index contributed by atoms with van der Waals surface area (Å²) < 4.78 is 18.2. The first kappa shape index (κ1) is 16.0. The predicted molar refractivity (Wildman–Crippen MR) is 86.8 cm³/mol. The molecular weight excluding hydrogens is 305 g/mol. The van der Waals surface area contributed by atoms with Gasteiger partial charge in [-0.2, -0.15) is 0 Å². The summed E-state index contributed by atoms with van der Waals surface area (Å²) in [5, 5.41) is 3.27. The molecule has 1 N–H and O–H groups in total. The van der Waals surface area contributed by atoms with Gasteiger partial charge in [-0.1, -0.05) is 23.7 Å². The minimum absolute atomic E-state index is 0.343. The molecule has 0 bridgehead atoms. The third-order valence-electron chi connectivity index (χ3n) is 3.01. The number of benzene rings is 2. The summed E-state index contributed by atoms with van der Waals surface area (Å²) in [4.78, 5) is 12.0. The first-order chi connectivity index (χ1) is 10.5. The first-order valence-corrected chi connectivity index (χ1v) is 6.96. The first-order valence-electron chi connectivity index (χ1n) is 6.58. The molecule has 0 aliphatic heterocycles. The molecular formula is C17H15ClFNO2. The lowest BCUT2D eigenvalue weighted by Gasteiger charge is -2.11. The SMILES string of the molecule is COc1cc(Cl)c(C)cc1NC(=O)C=Cc1cccc(F)c1. The molecule has 0 heterocycles. The molecule has 0 aliphatic rings. The summed E-state index contributed by atoms with van der Waals surface area (Å²) in [6.45, 7) is 1.83. The molecule has 3 nitrogen and oxygen atoms in total. The Hall–Kier alpha value is -2.33. The van der Waals surface area contributed by atoms with Gasteiger partial charge in [0.05, 0.1) is 12.8 Å². The summed E-state index contributed by atoms with van der Waals surface area (Å²) in [6, 6.07) is 9.35. The largest absolute Gasteiger partial charge is 0.495 e. The third kappa shape index (κ3) is 4.09. The van der Waals surface area contributed by atoms with Crippen LogP contribution in [0.5, 0.6) is 5.75 Å². The van der Waals surface area contributed by atoms with E-state index >= 15 is 0 Å². The van der Waals surface area contributed by atoms with Crippen LogP contribution in [-0.4, -0.2) is 13.0 Å². The number of rotatable bonds is 4. The number of methoxy groups -OCH3 is 1. The summed E-state index contributed by atoms with van der Waals surface area (Å²) in [5.74, 6) is -0.218. The molecule has 2 aromatic carbocycles.